The first kappa shape index (κ1) is 18.7. The van der Waals surface area contributed by atoms with E-state index in [-0.39, 0.29) is 24.8 Å². The van der Waals surface area contributed by atoms with Gasteiger partial charge in [0.1, 0.15) is 0 Å². The average molecular weight is 343 g/mol. The van der Waals surface area contributed by atoms with Crippen LogP contribution in [0.5, 0.6) is 0 Å². The standard InChI is InChI=1S/C19H25N3O3/c1-13(2)12-21(10-9-18(23)24)19(25)17-11-15(4)22(20-17)16-7-5-14(3)6-8-16/h5-8,11,13H,9-10,12H2,1-4H3,(H,23,24). The van der Waals surface area contributed by atoms with Gasteiger partial charge in [0, 0.05) is 18.8 Å². The second-order valence-corrected chi connectivity index (χ2v) is 6.71. The van der Waals surface area contributed by atoms with Crippen LogP contribution >= 0.6 is 0 Å². The zero-order valence-electron chi connectivity index (χ0n) is 15.2. The lowest BCUT2D eigenvalue weighted by molar-refractivity contribution is -0.137. The molecule has 0 unspecified atom stereocenters. The molecule has 6 nitrogen and oxygen atoms in total. The second-order valence-electron chi connectivity index (χ2n) is 6.71. The van der Waals surface area contributed by atoms with Gasteiger partial charge in [-0.15, -0.1) is 0 Å². The highest BCUT2D eigenvalue weighted by molar-refractivity contribution is 5.92. The molecule has 0 spiro atoms. The van der Waals surface area contributed by atoms with Crippen LogP contribution in [-0.2, 0) is 4.79 Å². The van der Waals surface area contributed by atoms with Crippen molar-refractivity contribution in [1.82, 2.24) is 14.7 Å². The van der Waals surface area contributed by atoms with E-state index in [0.717, 1.165) is 16.9 Å². The molecule has 0 aliphatic carbocycles. The number of aryl methyl sites for hydroxylation is 2. The van der Waals surface area contributed by atoms with Crippen LogP contribution in [0.25, 0.3) is 5.69 Å². The van der Waals surface area contributed by atoms with E-state index in [2.05, 4.69) is 5.10 Å². The molecule has 0 saturated carbocycles. The Labute approximate surface area is 148 Å². The summed E-state index contributed by atoms with van der Waals surface area (Å²) >= 11 is 0. The van der Waals surface area contributed by atoms with Crippen LogP contribution in [0, 0.1) is 19.8 Å². The Morgan fingerprint density at radius 3 is 2.40 bits per heavy atom. The molecular weight excluding hydrogens is 318 g/mol. The lowest BCUT2D eigenvalue weighted by Crippen LogP contribution is -2.36. The number of carbonyl (C=O) groups excluding carboxylic acids is 1. The molecule has 1 aromatic heterocycles. The van der Waals surface area contributed by atoms with E-state index >= 15 is 0 Å². The Balaban J connectivity index is 2.26. The second kappa shape index (κ2) is 7.96. The number of aliphatic carboxylic acids is 1. The lowest BCUT2D eigenvalue weighted by atomic mass is 10.2. The van der Waals surface area contributed by atoms with E-state index in [1.54, 1.807) is 15.6 Å². The van der Waals surface area contributed by atoms with Gasteiger partial charge in [-0.05, 0) is 38.0 Å². The molecule has 6 heteroatoms. The molecular formula is C19H25N3O3. The molecule has 0 aliphatic rings. The fourth-order valence-corrected chi connectivity index (χ4v) is 2.64. The minimum absolute atomic E-state index is 0.0733. The fraction of sp³-hybridized carbons (Fsp3) is 0.421. The highest BCUT2D eigenvalue weighted by atomic mass is 16.4. The summed E-state index contributed by atoms with van der Waals surface area (Å²) in [7, 11) is 0. The van der Waals surface area contributed by atoms with Gasteiger partial charge in [0.05, 0.1) is 12.1 Å². The molecule has 2 rings (SSSR count). The van der Waals surface area contributed by atoms with Gasteiger partial charge in [-0.3, -0.25) is 9.59 Å². The van der Waals surface area contributed by atoms with Gasteiger partial charge < -0.3 is 10.0 Å². The van der Waals surface area contributed by atoms with Crippen LogP contribution in [0.4, 0.5) is 0 Å². The Kier molecular flexibility index (Phi) is 5.96. The third kappa shape index (κ3) is 4.92. The van der Waals surface area contributed by atoms with Gasteiger partial charge in [-0.1, -0.05) is 31.5 Å². The maximum absolute atomic E-state index is 12.8. The van der Waals surface area contributed by atoms with Gasteiger partial charge in [0.25, 0.3) is 5.91 Å². The molecule has 0 bridgehead atoms. The molecule has 1 N–H and O–H groups in total. The molecule has 0 saturated heterocycles. The monoisotopic (exact) mass is 343 g/mol. The predicted molar refractivity (Wildman–Crippen MR) is 96.0 cm³/mol. The Morgan fingerprint density at radius 2 is 1.84 bits per heavy atom. The lowest BCUT2D eigenvalue weighted by Gasteiger charge is -2.23. The van der Waals surface area contributed by atoms with Crippen molar-refractivity contribution in [2.24, 2.45) is 5.92 Å². The van der Waals surface area contributed by atoms with Crippen LogP contribution in [-0.4, -0.2) is 44.8 Å². The molecule has 2 aromatic rings. The summed E-state index contributed by atoms with van der Waals surface area (Å²) in [5.41, 5.74) is 3.24. The molecule has 134 valence electrons. The van der Waals surface area contributed by atoms with E-state index in [0.29, 0.717) is 12.2 Å². The Morgan fingerprint density at radius 1 is 1.20 bits per heavy atom. The molecule has 25 heavy (non-hydrogen) atoms. The summed E-state index contributed by atoms with van der Waals surface area (Å²) in [6.07, 6.45) is -0.0733. The zero-order chi connectivity index (χ0) is 18.6. The van der Waals surface area contributed by atoms with Gasteiger partial charge >= 0.3 is 5.97 Å². The average Bonchev–Trinajstić information content (AvgIpc) is 2.93. The number of nitrogens with zero attached hydrogens (tertiary/aromatic N) is 3. The Hall–Kier alpha value is -2.63. The number of carboxylic acid groups (broad SMARTS) is 1. The summed E-state index contributed by atoms with van der Waals surface area (Å²) < 4.78 is 1.73. The van der Waals surface area contributed by atoms with Crippen LogP contribution in [0.2, 0.25) is 0 Å². The number of carboxylic acids is 1. The highest BCUT2D eigenvalue weighted by Crippen LogP contribution is 2.15. The number of benzene rings is 1. The third-order valence-corrected chi connectivity index (χ3v) is 3.85. The normalized spacial score (nSPS) is 10.9. The molecule has 1 amide bonds. The molecule has 0 aliphatic heterocycles. The van der Waals surface area contributed by atoms with Crippen molar-refractivity contribution in [3.05, 3.63) is 47.3 Å². The number of hydrogen-bond acceptors (Lipinski definition) is 3. The van der Waals surface area contributed by atoms with Crippen molar-refractivity contribution in [3.8, 4) is 5.69 Å². The van der Waals surface area contributed by atoms with E-state index < -0.39 is 5.97 Å². The maximum Gasteiger partial charge on any atom is 0.305 e. The number of hydrogen-bond donors (Lipinski definition) is 1. The minimum atomic E-state index is -0.914. The fourth-order valence-electron chi connectivity index (χ4n) is 2.64. The predicted octanol–water partition coefficient (Wildman–Crippen LogP) is 3.06. The first-order valence-corrected chi connectivity index (χ1v) is 8.42. The quantitative estimate of drug-likeness (QED) is 0.838. The zero-order valence-corrected chi connectivity index (χ0v) is 15.2. The van der Waals surface area contributed by atoms with Crippen molar-refractivity contribution in [1.29, 1.82) is 0 Å². The molecule has 0 atom stereocenters. The van der Waals surface area contributed by atoms with E-state index in [9.17, 15) is 9.59 Å². The molecule has 1 heterocycles. The van der Waals surface area contributed by atoms with Crippen LogP contribution in [0.1, 0.15) is 42.0 Å². The summed E-state index contributed by atoms with van der Waals surface area (Å²) in [4.78, 5) is 25.2. The Bertz CT molecular complexity index is 748. The van der Waals surface area contributed by atoms with E-state index in [1.807, 2.05) is 52.0 Å². The molecule has 0 fully saturated rings. The van der Waals surface area contributed by atoms with Gasteiger partial charge in [-0.25, -0.2) is 4.68 Å². The summed E-state index contributed by atoms with van der Waals surface area (Å²) in [5.74, 6) is -0.898. The smallest absolute Gasteiger partial charge is 0.305 e. The first-order valence-electron chi connectivity index (χ1n) is 8.42. The third-order valence-electron chi connectivity index (χ3n) is 3.85. The van der Waals surface area contributed by atoms with Crippen LogP contribution in [0.3, 0.4) is 0 Å². The topological polar surface area (TPSA) is 75.4 Å². The van der Waals surface area contributed by atoms with Gasteiger partial charge in [0.15, 0.2) is 5.69 Å². The van der Waals surface area contributed by atoms with Crippen LogP contribution < -0.4 is 0 Å². The summed E-state index contributed by atoms with van der Waals surface area (Å²) in [6, 6.07) is 9.65. The largest absolute Gasteiger partial charge is 0.481 e. The summed E-state index contributed by atoms with van der Waals surface area (Å²) in [6.45, 7) is 8.59. The van der Waals surface area contributed by atoms with E-state index in [1.165, 1.54) is 0 Å². The molecule has 1 aromatic carbocycles. The van der Waals surface area contributed by atoms with Crippen molar-refractivity contribution < 1.29 is 14.7 Å². The van der Waals surface area contributed by atoms with Crippen molar-refractivity contribution in [3.63, 3.8) is 0 Å². The number of rotatable bonds is 7. The maximum atomic E-state index is 12.8. The number of amides is 1. The van der Waals surface area contributed by atoms with Crippen molar-refractivity contribution >= 4 is 11.9 Å². The highest BCUT2D eigenvalue weighted by Gasteiger charge is 2.21. The van der Waals surface area contributed by atoms with Crippen molar-refractivity contribution in [2.45, 2.75) is 34.1 Å². The van der Waals surface area contributed by atoms with Crippen molar-refractivity contribution in [2.75, 3.05) is 13.1 Å². The SMILES string of the molecule is Cc1ccc(-n2nc(C(=O)N(CCC(=O)O)CC(C)C)cc2C)cc1. The van der Waals surface area contributed by atoms with Gasteiger partial charge in [-0.2, -0.15) is 5.10 Å². The number of carbonyl (C=O) groups is 2. The molecule has 0 radical (unpaired) electrons. The van der Waals surface area contributed by atoms with Gasteiger partial charge in [0.2, 0.25) is 0 Å². The first-order chi connectivity index (χ1) is 11.8. The van der Waals surface area contributed by atoms with Crippen LogP contribution in [0.15, 0.2) is 30.3 Å². The minimum Gasteiger partial charge on any atom is -0.481 e. The van der Waals surface area contributed by atoms with E-state index in [4.69, 9.17) is 5.11 Å². The summed E-state index contributed by atoms with van der Waals surface area (Å²) in [5, 5.41) is 13.4. The number of aromatic nitrogens is 2.